The summed E-state index contributed by atoms with van der Waals surface area (Å²) >= 11 is 11.6. The molecule has 27 heavy (non-hydrogen) atoms. The van der Waals surface area contributed by atoms with Gasteiger partial charge in [-0.3, -0.25) is 4.68 Å². The predicted molar refractivity (Wildman–Crippen MR) is 116 cm³/mol. The highest BCUT2D eigenvalue weighted by Gasteiger charge is 2.12. The van der Waals surface area contributed by atoms with Crippen LogP contribution < -0.4 is 10.6 Å². The van der Waals surface area contributed by atoms with Crippen LogP contribution in [-0.4, -0.2) is 14.9 Å². The summed E-state index contributed by atoms with van der Waals surface area (Å²) in [7, 11) is 0. The zero-order valence-electron chi connectivity index (χ0n) is 15.7. The Balaban J connectivity index is 1.65. The normalized spacial score (nSPS) is 10.7. The molecule has 0 saturated heterocycles. The second kappa shape index (κ2) is 8.55. The second-order valence-corrected chi connectivity index (χ2v) is 7.33. The number of nitrogens with one attached hydrogen (secondary N) is 2. The maximum Gasteiger partial charge on any atom is 0.171 e. The Morgan fingerprint density at radius 1 is 1.07 bits per heavy atom. The van der Waals surface area contributed by atoms with E-state index >= 15 is 0 Å². The number of aromatic nitrogens is 2. The smallest absolute Gasteiger partial charge is 0.171 e. The lowest BCUT2D eigenvalue weighted by molar-refractivity contribution is 0.657. The van der Waals surface area contributed by atoms with Crippen molar-refractivity contribution < 1.29 is 0 Å². The molecule has 140 valence electrons. The van der Waals surface area contributed by atoms with E-state index in [2.05, 4.69) is 34.8 Å². The van der Waals surface area contributed by atoms with E-state index in [1.165, 1.54) is 5.56 Å². The lowest BCUT2D eigenvalue weighted by Crippen LogP contribution is -2.28. The molecule has 0 unspecified atom stereocenters. The van der Waals surface area contributed by atoms with Crippen molar-refractivity contribution in [2.45, 2.75) is 33.9 Å². The molecule has 0 fully saturated rings. The van der Waals surface area contributed by atoms with Gasteiger partial charge in [0.15, 0.2) is 5.11 Å². The van der Waals surface area contributed by atoms with Crippen molar-refractivity contribution in [3.05, 3.63) is 81.6 Å². The number of hydrogen-bond acceptors (Lipinski definition) is 2. The fourth-order valence-corrected chi connectivity index (χ4v) is 3.33. The molecule has 4 nitrogen and oxygen atoms in total. The van der Waals surface area contributed by atoms with E-state index in [1.807, 2.05) is 54.9 Å². The van der Waals surface area contributed by atoms with Gasteiger partial charge in [0.2, 0.25) is 0 Å². The van der Waals surface area contributed by atoms with Gasteiger partial charge in [0.05, 0.1) is 12.2 Å². The van der Waals surface area contributed by atoms with Crippen molar-refractivity contribution in [3.63, 3.8) is 0 Å². The maximum atomic E-state index is 6.17. The van der Waals surface area contributed by atoms with Crippen LogP contribution in [0.3, 0.4) is 0 Å². The number of nitrogens with zero attached hydrogens (tertiary/aromatic N) is 2. The SMILES string of the molecule is Cc1nn(Cc2ccccc2)c(C)c1CNC(=S)Nc1cccc(Cl)c1C. The van der Waals surface area contributed by atoms with Crippen LogP contribution in [0.25, 0.3) is 0 Å². The second-order valence-electron chi connectivity index (χ2n) is 6.51. The Labute approximate surface area is 170 Å². The molecule has 6 heteroatoms. The van der Waals surface area contributed by atoms with Gasteiger partial charge in [0.25, 0.3) is 0 Å². The maximum absolute atomic E-state index is 6.17. The summed E-state index contributed by atoms with van der Waals surface area (Å²) in [5, 5.41) is 12.5. The average molecular weight is 399 g/mol. The number of hydrogen-bond donors (Lipinski definition) is 2. The van der Waals surface area contributed by atoms with E-state index in [1.54, 1.807) is 0 Å². The monoisotopic (exact) mass is 398 g/mol. The highest BCUT2D eigenvalue weighted by atomic mass is 35.5. The van der Waals surface area contributed by atoms with Crippen molar-refractivity contribution in [1.29, 1.82) is 0 Å². The highest BCUT2D eigenvalue weighted by Crippen LogP contribution is 2.23. The molecule has 3 rings (SSSR count). The Kier molecular flexibility index (Phi) is 6.14. The molecule has 0 atom stereocenters. The van der Waals surface area contributed by atoms with E-state index in [0.29, 0.717) is 11.7 Å². The number of rotatable bonds is 5. The molecule has 0 aliphatic heterocycles. The van der Waals surface area contributed by atoms with Crippen molar-refractivity contribution in [1.82, 2.24) is 15.1 Å². The van der Waals surface area contributed by atoms with Crippen molar-refractivity contribution in [2.75, 3.05) is 5.32 Å². The van der Waals surface area contributed by atoms with Gasteiger partial charge in [0, 0.05) is 28.5 Å². The number of aryl methyl sites for hydroxylation is 1. The Hall–Kier alpha value is -2.37. The Morgan fingerprint density at radius 2 is 1.81 bits per heavy atom. The molecule has 0 saturated carbocycles. The van der Waals surface area contributed by atoms with Gasteiger partial charge in [-0.1, -0.05) is 48.0 Å². The van der Waals surface area contributed by atoms with Gasteiger partial charge in [-0.15, -0.1) is 0 Å². The molecule has 2 aromatic carbocycles. The van der Waals surface area contributed by atoms with E-state index in [-0.39, 0.29) is 0 Å². The molecule has 1 heterocycles. The molecule has 0 amide bonds. The van der Waals surface area contributed by atoms with Crippen LogP contribution in [0.15, 0.2) is 48.5 Å². The summed E-state index contributed by atoms with van der Waals surface area (Å²) in [4.78, 5) is 0. The molecule has 0 bridgehead atoms. The van der Waals surface area contributed by atoms with E-state index in [4.69, 9.17) is 23.8 Å². The van der Waals surface area contributed by atoms with E-state index in [9.17, 15) is 0 Å². The molecular formula is C21H23ClN4S. The first-order valence-corrected chi connectivity index (χ1v) is 9.61. The third-order valence-electron chi connectivity index (χ3n) is 4.65. The van der Waals surface area contributed by atoms with Crippen LogP contribution in [0.4, 0.5) is 5.69 Å². The molecule has 0 spiro atoms. The van der Waals surface area contributed by atoms with Crippen molar-refractivity contribution in [3.8, 4) is 0 Å². The van der Waals surface area contributed by atoms with Gasteiger partial charge < -0.3 is 10.6 Å². The number of anilines is 1. The lowest BCUT2D eigenvalue weighted by atomic mass is 10.2. The topological polar surface area (TPSA) is 41.9 Å². The van der Waals surface area contributed by atoms with Crippen LogP contribution in [-0.2, 0) is 13.1 Å². The summed E-state index contributed by atoms with van der Waals surface area (Å²) in [6.07, 6.45) is 0. The van der Waals surface area contributed by atoms with E-state index in [0.717, 1.165) is 39.8 Å². The largest absolute Gasteiger partial charge is 0.358 e. The Morgan fingerprint density at radius 3 is 2.56 bits per heavy atom. The summed E-state index contributed by atoms with van der Waals surface area (Å²) in [6.45, 7) is 7.48. The number of halogens is 1. The molecule has 0 aliphatic rings. The molecule has 1 aromatic heterocycles. The number of thiocarbonyl (C=S) groups is 1. The zero-order chi connectivity index (χ0) is 19.4. The third-order valence-corrected chi connectivity index (χ3v) is 5.30. The average Bonchev–Trinajstić information content (AvgIpc) is 2.91. The van der Waals surface area contributed by atoms with Crippen LogP contribution in [0.2, 0.25) is 5.02 Å². The molecular weight excluding hydrogens is 376 g/mol. The first-order chi connectivity index (χ1) is 13.0. The first kappa shape index (κ1) is 19.4. The fourth-order valence-electron chi connectivity index (χ4n) is 2.98. The summed E-state index contributed by atoms with van der Waals surface area (Å²) in [6, 6.07) is 16.1. The molecule has 2 N–H and O–H groups in total. The minimum atomic E-state index is 0.565. The first-order valence-electron chi connectivity index (χ1n) is 8.82. The zero-order valence-corrected chi connectivity index (χ0v) is 17.3. The minimum Gasteiger partial charge on any atom is -0.358 e. The third kappa shape index (κ3) is 4.67. The summed E-state index contributed by atoms with van der Waals surface area (Å²) in [5.41, 5.74) is 6.44. The van der Waals surface area contributed by atoms with Crippen LogP contribution in [0.1, 0.15) is 28.1 Å². The quantitative estimate of drug-likeness (QED) is 0.593. The summed E-state index contributed by atoms with van der Waals surface area (Å²) < 4.78 is 2.04. The van der Waals surface area contributed by atoms with Gasteiger partial charge in [-0.2, -0.15) is 5.10 Å². The van der Waals surface area contributed by atoms with Crippen molar-refractivity contribution >= 4 is 34.6 Å². The summed E-state index contributed by atoms with van der Waals surface area (Å²) in [5.74, 6) is 0. The van der Waals surface area contributed by atoms with E-state index < -0.39 is 0 Å². The van der Waals surface area contributed by atoms with Gasteiger partial charge >= 0.3 is 0 Å². The minimum absolute atomic E-state index is 0.565. The fraction of sp³-hybridized carbons (Fsp3) is 0.238. The standard InChI is InChI=1S/C21H23ClN4S/c1-14-19(22)10-7-11-20(14)24-21(27)23-12-18-15(2)25-26(16(18)3)13-17-8-5-4-6-9-17/h4-11H,12-13H2,1-3H3,(H2,23,24,27). The molecule has 0 radical (unpaired) electrons. The van der Waals surface area contributed by atoms with Crippen LogP contribution in [0.5, 0.6) is 0 Å². The highest BCUT2D eigenvalue weighted by molar-refractivity contribution is 7.80. The van der Waals surface area contributed by atoms with Gasteiger partial charge in [0.1, 0.15) is 0 Å². The Bertz CT molecular complexity index is 950. The van der Waals surface area contributed by atoms with Gasteiger partial charge in [-0.25, -0.2) is 0 Å². The van der Waals surface area contributed by atoms with Crippen LogP contribution in [0, 0.1) is 20.8 Å². The lowest BCUT2D eigenvalue weighted by Gasteiger charge is -2.13. The number of benzene rings is 2. The van der Waals surface area contributed by atoms with Crippen LogP contribution >= 0.6 is 23.8 Å². The van der Waals surface area contributed by atoms with Crippen molar-refractivity contribution in [2.24, 2.45) is 0 Å². The van der Waals surface area contributed by atoms with Gasteiger partial charge in [-0.05, 0) is 56.2 Å². The molecule has 3 aromatic rings. The predicted octanol–water partition coefficient (Wildman–Crippen LogP) is 5.00. The molecule has 0 aliphatic carbocycles.